The average molecular weight is 259 g/mol. The van der Waals surface area contributed by atoms with E-state index < -0.39 is 0 Å². The van der Waals surface area contributed by atoms with E-state index in [9.17, 15) is 4.79 Å². The molecule has 0 spiro atoms. The number of carbonyl (C=O) groups is 1. The molecule has 0 aliphatic carbocycles. The summed E-state index contributed by atoms with van der Waals surface area (Å²) < 4.78 is 1.96. The summed E-state index contributed by atoms with van der Waals surface area (Å²) in [4.78, 5) is 15.8. The highest BCUT2D eigenvalue weighted by molar-refractivity contribution is 5.99. The zero-order valence-corrected chi connectivity index (χ0v) is 10.5. The van der Waals surface area contributed by atoms with Gasteiger partial charge in [0, 0.05) is 36.9 Å². The minimum atomic E-state index is -0.178. The molecule has 1 heterocycles. The number of nitrogens with one attached hydrogen (secondary N) is 1. The van der Waals surface area contributed by atoms with Crippen LogP contribution in [0.25, 0.3) is 0 Å². The van der Waals surface area contributed by atoms with Crippen molar-refractivity contribution in [2.24, 2.45) is 0 Å². The number of anilines is 2. The summed E-state index contributed by atoms with van der Waals surface area (Å²) in [6.45, 7) is 1.40. The maximum Gasteiger partial charge on any atom is 0.253 e. The third kappa shape index (κ3) is 3.48. The molecule has 0 bridgehead atoms. The van der Waals surface area contributed by atoms with Gasteiger partial charge in [0.1, 0.15) is 0 Å². The molecular formula is C13H17N5O. The zero-order chi connectivity index (χ0) is 13.7. The minimum absolute atomic E-state index is 0.178. The highest BCUT2D eigenvalue weighted by atomic mass is 16.1. The monoisotopic (exact) mass is 259 g/mol. The van der Waals surface area contributed by atoms with Crippen LogP contribution >= 0.6 is 0 Å². The van der Waals surface area contributed by atoms with E-state index in [1.165, 1.54) is 0 Å². The molecule has 0 fully saturated rings. The van der Waals surface area contributed by atoms with Gasteiger partial charge >= 0.3 is 0 Å². The molecule has 100 valence electrons. The van der Waals surface area contributed by atoms with Crippen molar-refractivity contribution in [1.82, 2.24) is 14.9 Å². The first-order chi connectivity index (χ1) is 9.16. The van der Waals surface area contributed by atoms with Gasteiger partial charge in [-0.05, 0) is 24.6 Å². The highest BCUT2D eigenvalue weighted by Gasteiger charge is 2.08. The summed E-state index contributed by atoms with van der Waals surface area (Å²) in [6.07, 6.45) is 6.20. The standard InChI is InChI=1S/C13H17N5O/c14-10-2-3-11(12(15)8-10)13(19)17-4-1-6-18-7-5-16-9-18/h2-3,5,7-9H,1,4,6,14-15H2,(H,17,19). The Morgan fingerprint density at radius 1 is 1.37 bits per heavy atom. The first-order valence-corrected chi connectivity index (χ1v) is 6.06. The third-order valence-electron chi connectivity index (χ3n) is 2.76. The second-order valence-electron chi connectivity index (χ2n) is 4.26. The number of nitrogen functional groups attached to an aromatic ring is 2. The summed E-state index contributed by atoms with van der Waals surface area (Å²) in [5.41, 5.74) is 12.7. The lowest BCUT2D eigenvalue weighted by Gasteiger charge is -2.08. The molecule has 2 aromatic rings. The molecule has 0 unspecified atom stereocenters. The third-order valence-corrected chi connectivity index (χ3v) is 2.76. The van der Waals surface area contributed by atoms with E-state index in [1.54, 1.807) is 30.7 Å². The Morgan fingerprint density at radius 3 is 2.89 bits per heavy atom. The van der Waals surface area contributed by atoms with Gasteiger partial charge in [0.25, 0.3) is 5.91 Å². The molecule has 0 saturated heterocycles. The topological polar surface area (TPSA) is 99.0 Å². The Labute approximate surface area is 111 Å². The lowest BCUT2D eigenvalue weighted by molar-refractivity contribution is 0.0953. The SMILES string of the molecule is Nc1ccc(C(=O)NCCCn2ccnc2)c(N)c1. The van der Waals surface area contributed by atoms with Gasteiger partial charge in [-0.2, -0.15) is 0 Å². The van der Waals surface area contributed by atoms with Gasteiger partial charge in [-0.1, -0.05) is 0 Å². The van der Waals surface area contributed by atoms with E-state index in [1.807, 2.05) is 10.8 Å². The van der Waals surface area contributed by atoms with E-state index in [0.717, 1.165) is 13.0 Å². The maximum absolute atomic E-state index is 11.9. The second kappa shape index (κ2) is 5.90. The van der Waals surface area contributed by atoms with Gasteiger partial charge < -0.3 is 21.4 Å². The molecule has 2 rings (SSSR count). The van der Waals surface area contributed by atoms with Crippen molar-refractivity contribution < 1.29 is 4.79 Å². The number of amides is 1. The Hall–Kier alpha value is -2.50. The highest BCUT2D eigenvalue weighted by Crippen LogP contribution is 2.15. The van der Waals surface area contributed by atoms with Crippen molar-refractivity contribution in [2.75, 3.05) is 18.0 Å². The summed E-state index contributed by atoms with van der Waals surface area (Å²) in [5.74, 6) is -0.178. The first-order valence-electron chi connectivity index (χ1n) is 6.06. The number of aromatic nitrogens is 2. The van der Waals surface area contributed by atoms with E-state index in [4.69, 9.17) is 11.5 Å². The lowest BCUT2D eigenvalue weighted by Crippen LogP contribution is -2.26. The maximum atomic E-state index is 11.9. The fourth-order valence-corrected chi connectivity index (χ4v) is 1.77. The Bertz CT molecular complexity index is 550. The van der Waals surface area contributed by atoms with Crippen LogP contribution in [0.3, 0.4) is 0 Å². The lowest BCUT2D eigenvalue weighted by atomic mass is 10.1. The summed E-state index contributed by atoms with van der Waals surface area (Å²) >= 11 is 0. The smallest absolute Gasteiger partial charge is 0.253 e. The van der Waals surface area contributed by atoms with Crippen molar-refractivity contribution in [1.29, 1.82) is 0 Å². The van der Waals surface area contributed by atoms with E-state index in [0.29, 0.717) is 23.5 Å². The number of hydrogen-bond acceptors (Lipinski definition) is 4. The van der Waals surface area contributed by atoms with Crippen LogP contribution in [-0.2, 0) is 6.54 Å². The number of nitrogens with two attached hydrogens (primary N) is 2. The van der Waals surface area contributed by atoms with Gasteiger partial charge in [-0.3, -0.25) is 4.79 Å². The van der Waals surface area contributed by atoms with Crippen molar-refractivity contribution in [3.05, 3.63) is 42.5 Å². The predicted octanol–water partition coefficient (Wildman–Crippen LogP) is 0.868. The van der Waals surface area contributed by atoms with Crippen LogP contribution in [0.2, 0.25) is 0 Å². The molecule has 6 nitrogen and oxygen atoms in total. The van der Waals surface area contributed by atoms with Crippen LogP contribution < -0.4 is 16.8 Å². The molecule has 0 saturated carbocycles. The van der Waals surface area contributed by atoms with Crippen LogP contribution in [0.1, 0.15) is 16.8 Å². The number of hydrogen-bond donors (Lipinski definition) is 3. The summed E-state index contributed by atoms with van der Waals surface area (Å²) in [6, 6.07) is 4.88. The number of benzene rings is 1. The molecular weight excluding hydrogens is 242 g/mol. The van der Waals surface area contributed by atoms with Gasteiger partial charge in [0.05, 0.1) is 11.9 Å². The van der Waals surface area contributed by atoms with E-state index >= 15 is 0 Å². The number of aryl methyl sites for hydroxylation is 1. The summed E-state index contributed by atoms with van der Waals surface area (Å²) in [7, 11) is 0. The van der Waals surface area contributed by atoms with E-state index in [-0.39, 0.29) is 5.91 Å². The average Bonchev–Trinajstić information content (AvgIpc) is 2.87. The zero-order valence-electron chi connectivity index (χ0n) is 10.5. The molecule has 1 aromatic heterocycles. The molecule has 0 radical (unpaired) electrons. The Balaban J connectivity index is 1.81. The molecule has 0 aliphatic heterocycles. The number of imidazole rings is 1. The first kappa shape index (κ1) is 12.9. The molecule has 0 atom stereocenters. The van der Waals surface area contributed by atoms with Gasteiger partial charge in [-0.15, -0.1) is 0 Å². The predicted molar refractivity (Wildman–Crippen MR) is 74.4 cm³/mol. The van der Waals surface area contributed by atoms with Gasteiger partial charge in [0.15, 0.2) is 0 Å². The van der Waals surface area contributed by atoms with Crippen molar-refractivity contribution in [2.45, 2.75) is 13.0 Å². The van der Waals surface area contributed by atoms with Crippen molar-refractivity contribution in [3.8, 4) is 0 Å². The fourth-order valence-electron chi connectivity index (χ4n) is 1.77. The summed E-state index contributed by atoms with van der Waals surface area (Å²) in [5, 5.41) is 2.83. The van der Waals surface area contributed by atoms with Crippen LogP contribution in [0.4, 0.5) is 11.4 Å². The molecule has 6 heteroatoms. The molecule has 1 amide bonds. The largest absolute Gasteiger partial charge is 0.399 e. The van der Waals surface area contributed by atoms with Crippen molar-refractivity contribution >= 4 is 17.3 Å². The molecule has 5 N–H and O–H groups in total. The van der Waals surface area contributed by atoms with Crippen LogP contribution in [0.15, 0.2) is 36.9 Å². The minimum Gasteiger partial charge on any atom is -0.399 e. The molecule has 1 aromatic carbocycles. The molecule has 0 aliphatic rings. The Kier molecular flexibility index (Phi) is 4.02. The number of rotatable bonds is 5. The van der Waals surface area contributed by atoms with Crippen LogP contribution in [0, 0.1) is 0 Å². The van der Waals surface area contributed by atoms with Crippen LogP contribution in [0.5, 0.6) is 0 Å². The van der Waals surface area contributed by atoms with Gasteiger partial charge in [-0.25, -0.2) is 4.98 Å². The quantitative estimate of drug-likeness (QED) is 0.548. The Morgan fingerprint density at radius 2 is 2.21 bits per heavy atom. The van der Waals surface area contributed by atoms with E-state index in [2.05, 4.69) is 10.3 Å². The molecule has 19 heavy (non-hydrogen) atoms. The van der Waals surface area contributed by atoms with Crippen molar-refractivity contribution in [3.63, 3.8) is 0 Å². The normalized spacial score (nSPS) is 10.3. The van der Waals surface area contributed by atoms with Gasteiger partial charge in [0.2, 0.25) is 0 Å². The number of carbonyl (C=O) groups excluding carboxylic acids is 1. The number of nitrogens with zero attached hydrogens (tertiary/aromatic N) is 2. The van der Waals surface area contributed by atoms with Crippen LogP contribution in [-0.4, -0.2) is 22.0 Å². The fraction of sp³-hybridized carbons (Fsp3) is 0.231. The second-order valence-corrected chi connectivity index (χ2v) is 4.26.